The van der Waals surface area contributed by atoms with Crippen molar-refractivity contribution in [2.45, 2.75) is 6.92 Å². The summed E-state index contributed by atoms with van der Waals surface area (Å²) in [5.74, 6) is -0.699. The van der Waals surface area contributed by atoms with E-state index in [1.807, 2.05) is 6.92 Å². The lowest BCUT2D eigenvalue weighted by Gasteiger charge is -2.07. The first-order chi connectivity index (χ1) is 11.3. The van der Waals surface area contributed by atoms with E-state index in [1.165, 1.54) is 6.21 Å². The van der Waals surface area contributed by atoms with Crippen LogP contribution in [0.3, 0.4) is 0 Å². The normalized spacial score (nSPS) is 10.8. The molecule has 0 aliphatic heterocycles. The van der Waals surface area contributed by atoms with Crippen LogP contribution in [0.15, 0.2) is 11.2 Å². The number of nitrogens with two attached hydrogens (primary N) is 1. The number of pyridine rings is 1. The van der Waals surface area contributed by atoms with E-state index >= 15 is 0 Å². The van der Waals surface area contributed by atoms with Crippen LogP contribution in [0.25, 0.3) is 0 Å². The molecule has 0 fully saturated rings. The first kappa shape index (κ1) is 18.1. The number of hydrogen-bond acceptors (Lipinski definition) is 5. The van der Waals surface area contributed by atoms with Gasteiger partial charge in [-0.2, -0.15) is 10.4 Å². The molecule has 7 nitrogen and oxygen atoms in total. The predicted molar refractivity (Wildman–Crippen MR) is 93.6 cm³/mol. The second-order valence-corrected chi connectivity index (χ2v) is 5.85. The van der Waals surface area contributed by atoms with E-state index in [0.717, 1.165) is 5.69 Å². The van der Waals surface area contributed by atoms with Gasteiger partial charge in [-0.25, -0.2) is 10.4 Å². The molecular formula is C14H11Cl3N6O. The fourth-order valence-corrected chi connectivity index (χ4v) is 2.45. The summed E-state index contributed by atoms with van der Waals surface area (Å²) in [6.45, 7) is 1.82. The van der Waals surface area contributed by atoms with Crippen molar-refractivity contribution in [1.82, 2.24) is 15.0 Å². The Morgan fingerprint density at radius 1 is 1.46 bits per heavy atom. The van der Waals surface area contributed by atoms with Crippen molar-refractivity contribution in [1.29, 1.82) is 5.26 Å². The Morgan fingerprint density at radius 2 is 2.12 bits per heavy atom. The van der Waals surface area contributed by atoms with E-state index in [9.17, 15) is 4.79 Å². The van der Waals surface area contributed by atoms with E-state index in [2.05, 4.69) is 21.6 Å². The van der Waals surface area contributed by atoms with Gasteiger partial charge in [-0.15, -0.1) is 0 Å². The molecule has 2 aromatic heterocycles. The van der Waals surface area contributed by atoms with Crippen LogP contribution in [0, 0.1) is 18.3 Å². The van der Waals surface area contributed by atoms with Gasteiger partial charge in [0.1, 0.15) is 16.8 Å². The number of rotatable bonds is 3. The molecule has 1 amide bonds. The molecule has 10 heteroatoms. The van der Waals surface area contributed by atoms with E-state index in [1.54, 1.807) is 17.7 Å². The average molecular weight is 386 g/mol. The van der Waals surface area contributed by atoms with Crippen LogP contribution in [0.1, 0.15) is 27.4 Å². The van der Waals surface area contributed by atoms with Crippen molar-refractivity contribution >= 4 is 52.6 Å². The second-order valence-electron chi connectivity index (χ2n) is 4.73. The number of halogens is 3. The average Bonchev–Trinajstić information content (AvgIpc) is 2.84. The van der Waals surface area contributed by atoms with Gasteiger partial charge in [-0.05, 0) is 13.0 Å². The molecule has 3 N–H and O–H groups in total. The Hall–Kier alpha value is -2.27. The summed E-state index contributed by atoms with van der Waals surface area (Å²) < 4.78 is 1.71. The van der Waals surface area contributed by atoms with E-state index < -0.39 is 5.91 Å². The molecule has 0 saturated heterocycles. The molecular weight excluding hydrogens is 375 g/mol. The summed E-state index contributed by atoms with van der Waals surface area (Å²) in [5, 5.41) is 12.5. The summed E-state index contributed by atoms with van der Waals surface area (Å²) in [5.41, 5.74) is 9.67. The molecule has 0 aliphatic carbocycles. The molecule has 2 heterocycles. The quantitative estimate of drug-likeness (QED) is 0.481. The number of nitriles is 1. The molecule has 0 saturated carbocycles. The van der Waals surface area contributed by atoms with Crippen molar-refractivity contribution < 1.29 is 4.79 Å². The molecule has 0 radical (unpaired) electrons. The second kappa shape index (κ2) is 7.09. The third-order valence-corrected chi connectivity index (χ3v) is 4.48. The van der Waals surface area contributed by atoms with Gasteiger partial charge in [-0.1, -0.05) is 34.8 Å². The Labute approximate surface area is 152 Å². The van der Waals surface area contributed by atoms with Gasteiger partial charge >= 0.3 is 0 Å². The lowest BCUT2D eigenvalue weighted by atomic mass is 10.3. The maximum Gasteiger partial charge on any atom is 0.291 e. The number of aromatic nitrogens is 2. The number of anilines is 1. The van der Waals surface area contributed by atoms with Gasteiger partial charge in [0.25, 0.3) is 5.91 Å². The van der Waals surface area contributed by atoms with Crippen LogP contribution in [-0.4, -0.2) is 21.7 Å². The van der Waals surface area contributed by atoms with E-state index in [-0.39, 0.29) is 26.6 Å². The highest BCUT2D eigenvalue weighted by Gasteiger charge is 2.19. The Balaban J connectivity index is 2.22. The Kier molecular flexibility index (Phi) is 5.34. The summed E-state index contributed by atoms with van der Waals surface area (Å²) >= 11 is 17.5. The zero-order valence-corrected chi connectivity index (χ0v) is 14.8. The first-order valence-electron chi connectivity index (χ1n) is 6.47. The van der Waals surface area contributed by atoms with Crippen molar-refractivity contribution in [3.05, 3.63) is 43.9 Å². The predicted octanol–water partition coefficient (Wildman–Crippen LogP) is 2.91. The van der Waals surface area contributed by atoms with Crippen LogP contribution in [0.2, 0.25) is 15.2 Å². The third-order valence-electron chi connectivity index (χ3n) is 3.35. The van der Waals surface area contributed by atoms with Crippen LogP contribution in [0.4, 0.5) is 5.69 Å². The van der Waals surface area contributed by atoms with Crippen molar-refractivity contribution in [3.8, 4) is 6.07 Å². The number of nitrogens with zero attached hydrogens (tertiary/aromatic N) is 4. The summed E-state index contributed by atoms with van der Waals surface area (Å²) in [6, 6.07) is 3.70. The van der Waals surface area contributed by atoms with Crippen LogP contribution in [0.5, 0.6) is 0 Å². The molecule has 0 unspecified atom stereocenters. The van der Waals surface area contributed by atoms with Crippen molar-refractivity contribution in [2.24, 2.45) is 12.1 Å². The molecule has 0 bridgehead atoms. The number of nitrogen functional groups attached to an aromatic ring is 1. The van der Waals surface area contributed by atoms with E-state index in [4.69, 9.17) is 45.8 Å². The van der Waals surface area contributed by atoms with Gasteiger partial charge in [0, 0.05) is 18.3 Å². The number of amides is 1. The smallest absolute Gasteiger partial charge is 0.291 e. The minimum absolute atomic E-state index is 0.0225. The molecule has 2 aromatic rings. The molecule has 0 aliphatic rings. The maximum atomic E-state index is 12.1. The molecule has 24 heavy (non-hydrogen) atoms. The van der Waals surface area contributed by atoms with Crippen molar-refractivity contribution in [3.63, 3.8) is 0 Å². The third kappa shape index (κ3) is 3.31. The number of carbonyl (C=O) groups excluding carboxylic acids is 1. The minimum Gasteiger partial charge on any atom is -0.396 e. The van der Waals surface area contributed by atoms with Gasteiger partial charge in [-0.3, -0.25) is 4.79 Å². The van der Waals surface area contributed by atoms with Gasteiger partial charge in [0.05, 0.1) is 16.9 Å². The molecule has 0 atom stereocenters. The fourth-order valence-electron chi connectivity index (χ4n) is 1.86. The highest BCUT2D eigenvalue weighted by molar-refractivity contribution is 6.46. The highest BCUT2D eigenvalue weighted by atomic mass is 35.5. The fraction of sp³-hybridized carbons (Fsp3) is 0.143. The topological polar surface area (TPSA) is 109 Å². The Bertz CT molecular complexity index is 897. The van der Waals surface area contributed by atoms with Crippen molar-refractivity contribution in [2.75, 3.05) is 5.73 Å². The minimum atomic E-state index is -0.699. The summed E-state index contributed by atoms with van der Waals surface area (Å²) in [6.07, 6.45) is 1.41. The standard InChI is InChI=1S/C14H11Cl3N6O/c1-6-7(3-8(4-18)23(6)2)5-20-22-14(24)12-9(15)11(19)10(16)13(17)21-12/h3,5H,1-2H3,(H2,19,21)(H,22,24)/b20-5+. The Morgan fingerprint density at radius 3 is 2.71 bits per heavy atom. The van der Waals surface area contributed by atoms with Crippen LogP contribution >= 0.6 is 34.8 Å². The molecule has 0 aromatic carbocycles. The molecule has 0 spiro atoms. The summed E-state index contributed by atoms with van der Waals surface area (Å²) in [7, 11) is 1.76. The van der Waals surface area contributed by atoms with Crippen LogP contribution < -0.4 is 11.2 Å². The number of hydrogen-bond donors (Lipinski definition) is 2. The largest absolute Gasteiger partial charge is 0.396 e. The number of hydrazone groups is 1. The maximum absolute atomic E-state index is 12.1. The van der Waals surface area contributed by atoms with Gasteiger partial charge in [0.2, 0.25) is 0 Å². The van der Waals surface area contributed by atoms with Gasteiger partial charge < -0.3 is 10.3 Å². The van der Waals surface area contributed by atoms with E-state index in [0.29, 0.717) is 11.3 Å². The lowest BCUT2D eigenvalue weighted by molar-refractivity contribution is 0.0950. The van der Waals surface area contributed by atoms with Gasteiger partial charge in [0.15, 0.2) is 10.8 Å². The van der Waals surface area contributed by atoms with Crippen LogP contribution in [-0.2, 0) is 7.05 Å². The number of carbonyl (C=O) groups is 1. The first-order valence-corrected chi connectivity index (χ1v) is 7.61. The number of nitrogens with one attached hydrogen (secondary N) is 1. The SMILES string of the molecule is Cc1c(/C=N/NC(=O)c2nc(Cl)c(Cl)c(N)c2Cl)cc(C#N)n1C. The molecule has 2 rings (SSSR count). The molecule has 124 valence electrons. The lowest BCUT2D eigenvalue weighted by Crippen LogP contribution is -2.20. The highest BCUT2D eigenvalue weighted by Crippen LogP contribution is 2.34. The zero-order chi connectivity index (χ0) is 18.0. The zero-order valence-electron chi connectivity index (χ0n) is 12.6. The monoisotopic (exact) mass is 384 g/mol. The summed E-state index contributed by atoms with van der Waals surface area (Å²) in [4.78, 5) is 15.9.